The van der Waals surface area contributed by atoms with Gasteiger partial charge in [-0.2, -0.15) is 0 Å². The Bertz CT molecular complexity index is 1110. The molecule has 1 aliphatic heterocycles. The lowest BCUT2D eigenvalue weighted by Crippen LogP contribution is -2.47. The van der Waals surface area contributed by atoms with Gasteiger partial charge in [0, 0.05) is 0 Å². The molecular weight excluding hydrogens is 508 g/mol. The Morgan fingerprint density at radius 3 is 1.73 bits per heavy atom. The first-order chi connectivity index (χ1) is 20.0. The number of hydrogen-bond donors (Lipinski definition) is 0. The fourth-order valence-electron chi connectivity index (χ4n) is 5.87. The van der Waals surface area contributed by atoms with Gasteiger partial charge < -0.3 is 19.0 Å². The van der Waals surface area contributed by atoms with E-state index < -0.39 is 23.1 Å². The zero-order valence-electron chi connectivity index (χ0n) is 25.0. The Balaban J connectivity index is 1.66. The standard InChI is InChI=1S/C37H46O4/c1-4-5-6-7-8-9-10-11-21-28-36(34(29-38)40-35(2,3)41-36)30-39-37(31-22-15-12-16-23-31,32-24-17-13-18-25-32)33-26-19-14-20-27-33/h12-29,34H,4-11,30H2,1-3H3/b28-21+/t34-,36-/m1/s1. The maximum absolute atomic E-state index is 12.4. The molecule has 1 saturated heterocycles. The van der Waals surface area contributed by atoms with E-state index in [1.807, 2.05) is 74.5 Å². The predicted octanol–water partition coefficient (Wildman–Crippen LogP) is 8.78. The van der Waals surface area contributed by atoms with Crippen LogP contribution < -0.4 is 0 Å². The van der Waals surface area contributed by atoms with Gasteiger partial charge in [-0.25, -0.2) is 0 Å². The molecule has 0 bridgehead atoms. The fraction of sp³-hybridized carbons (Fsp3) is 0.432. The van der Waals surface area contributed by atoms with E-state index in [9.17, 15) is 4.79 Å². The van der Waals surface area contributed by atoms with Gasteiger partial charge in [0.15, 0.2) is 18.2 Å². The Labute approximate surface area is 246 Å². The SMILES string of the molecule is CCCCCCCCC/C=C/[C@]1(COC(c2ccccc2)(c2ccccc2)c2ccccc2)OC(C)(C)O[C@@H]1C=O. The van der Waals surface area contributed by atoms with E-state index in [1.165, 1.54) is 38.5 Å². The van der Waals surface area contributed by atoms with Gasteiger partial charge in [0.1, 0.15) is 11.2 Å². The molecule has 0 unspecified atom stereocenters. The molecule has 2 atom stereocenters. The molecular formula is C37H46O4. The molecule has 3 aromatic rings. The molecule has 3 aromatic carbocycles. The van der Waals surface area contributed by atoms with E-state index in [-0.39, 0.29) is 6.61 Å². The first-order valence-corrected chi connectivity index (χ1v) is 15.3. The molecule has 0 N–H and O–H groups in total. The molecule has 1 fully saturated rings. The summed E-state index contributed by atoms with van der Waals surface area (Å²) < 4.78 is 19.8. The van der Waals surface area contributed by atoms with Gasteiger partial charge in [-0.05, 0) is 43.4 Å². The van der Waals surface area contributed by atoms with Gasteiger partial charge >= 0.3 is 0 Å². The molecule has 1 aliphatic rings. The van der Waals surface area contributed by atoms with Crippen LogP contribution in [0.25, 0.3) is 0 Å². The third-order valence-corrected chi connectivity index (χ3v) is 7.88. The maximum Gasteiger partial charge on any atom is 0.165 e. The largest absolute Gasteiger partial charge is 0.357 e. The van der Waals surface area contributed by atoms with E-state index >= 15 is 0 Å². The molecule has 41 heavy (non-hydrogen) atoms. The smallest absolute Gasteiger partial charge is 0.165 e. The van der Waals surface area contributed by atoms with Crippen LogP contribution in [0.2, 0.25) is 0 Å². The van der Waals surface area contributed by atoms with E-state index in [2.05, 4.69) is 49.4 Å². The highest BCUT2D eigenvalue weighted by atomic mass is 16.8. The van der Waals surface area contributed by atoms with Crippen molar-refractivity contribution in [3.05, 3.63) is 120 Å². The Kier molecular flexibility index (Phi) is 11.1. The van der Waals surface area contributed by atoms with Crippen LogP contribution in [0.15, 0.2) is 103 Å². The van der Waals surface area contributed by atoms with Crippen molar-refractivity contribution in [1.82, 2.24) is 0 Å². The number of allylic oxidation sites excluding steroid dienone is 1. The highest BCUT2D eigenvalue weighted by Crippen LogP contribution is 2.44. The Hall–Kier alpha value is -3.05. The van der Waals surface area contributed by atoms with Crippen molar-refractivity contribution in [2.45, 2.75) is 95.2 Å². The molecule has 0 spiro atoms. The zero-order chi connectivity index (χ0) is 29.0. The minimum atomic E-state index is -1.06. The number of unbranched alkanes of at least 4 members (excludes halogenated alkanes) is 7. The maximum atomic E-state index is 12.4. The van der Waals surface area contributed by atoms with Gasteiger partial charge in [-0.15, -0.1) is 0 Å². The van der Waals surface area contributed by atoms with E-state index in [0.29, 0.717) is 0 Å². The highest BCUT2D eigenvalue weighted by molar-refractivity contribution is 5.60. The molecule has 218 valence electrons. The first-order valence-electron chi connectivity index (χ1n) is 15.3. The number of carbonyl (C=O) groups is 1. The van der Waals surface area contributed by atoms with E-state index in [4.69, 9.17) is 14.2 Å². The van der Waals surface area contributed by atoms with Crippen molar-refractivity contribution in [2.75, 3.05) is 6.61 Å². The normalized spacial score (nSPS) is 20.4. The van der Waals surface area contributed by atoms with Gasteiger partial charge in [0.25, 0.3) is 0 Å². The van der Waals surface area contributed by atoms with Crippen LogP contribution >= 0.6 is 0 Å². The number of carbonyl (C=O) groups excluding carboxylic acids is 1. The number of rotatable bonds is 16. The summed E-state index contributed by atoms with van der Waals surface area (Å²) in [5.41, 5.74) is 1.02. The summed E-state index contributed by atoms with van der Waals surface area (Å²) in [7, 11) is 0. The monoisotopic (exact) mass is 554 g/mol. The van der Waals surface area contributed by atoms with Crippen LogP contribution in [0.3, 0.4) is 0 Å². The van der Waals surface area contributed by atoms with Gasteiger partial charge in [0.05, 0.1) is 6.61 Å². The lowest BCUT2D eigenvalue weighted by Gasteiger charge is -2.39. The predicted molar refractivity (Wildman–Crippen MR) is 166 cm³/mol. The van der Waals surface area contributed by atoms with Crippen LogP contribution in [-0.4, -0.2) is 30.4 Å². The lowest BCUT2D eigenvalue weighted by atomic mass is 9.80. The summed E-state index contributed by atoms with van der Waals surface area (Å²) in [5, 5.41) is 0. The van der Waals surface area contributed by atoms with Crippen molar-refractivity contribution in [2.24, 2.45) is 0 Å². The second-order valence-corrected chi connectivity index (χ2v) is 11.5. The third kappa shape index (κ3) is 7.62. The van der Waals surface area contributed by atoms with Gasteiger partial charge in [-0.1, -0.05) is 149 Å². The average molecular weight is 555 g/mol. The second-order valence-electron chi connectivity index (χ2n) is 11.5. The van der Waals surface area contributed by atoms with Crippen molar-refractivity contribution in [3.8, 4) is 0 Å². The molecule has 4 heteroatoms. The number of ether oxygens (including phenoxy) is 3. The van der Waals surface area contributed by atoms with Crippen molar-refractivity contribution < 1.29 is 19.0 Å². The number of hydrogen-bond acceptors (Lipinski definition) is 4. The first kappa shape index (κ1) is 30.9. The fourth-order valence-corrected chi connectivity index (χ4v) is 5.87. The van der Waals surface area contributed by atoms with Crippen molar-refractivity contribution in [3.63, 3.8) is 0 Å². The van der Waals surface area contributed by atoms with Crippen molar-refractivity contribution in [1.29, 1.82) is 0 Å². The van der Waals surface area contributed by atoms with E-state index in [1.54, 1.807) is 0 Å². The topological polar surface area (TPSA) is 44.8 Å². The van der Waals surface area contributed by atoms with Crippen LogP contribution in [0, 0.1) is 0 Å². The van der Waals surface area contributed by atoms with Crippen LogP contribution in [0.4, 0.5) is 0 Å². The van der Waals surface area contributed by atoms with Gasteiger partial charge in [-0.3, -0.25) is 0 Å². The van der Waals surface area contributed by atoms with Crippen LogP contribution in [-0.2, 0) is 24.6 Å². The molecule has 0 aliphatic carbocycles. The second kappa shape index (κ2) is 14.7. The van der Waals surface area contributed by atoms with E-state index in [0.717, 1.165) is 35.8 Å². The number of benzene rings is 3. The molecule has 4 nitrogen and oxygen atoms in total. The highest BCUT2D eigenvalue weighted by Gasteiger charge is 2.53. The molecule has 4 rings (SSSR count). The van der Waals surface area contributed by atoms with Crippen molar-refractivity contribution >= 4 is 6.29 Å². The van der Waals surface area contributed by atoms with Crippen LogP contribution in [0.5, 0.6) is 0 Å². The van der Waals surface area contributed by atoms with Gasteiger partial charge in [0.2, 0.25) is 0 Å². The average Bonchev–Trinajstić information content (AvgIpc) is 3.28. The van der Waals surface area contributed by atoms with Crippen LogP contribution in [0.1, 0.15) is 88.8 Å². The molecule has 0 aromatic heterocycles. The molecule has 0 radical (unpaired) electrons. The quantitative estimate of drug-likeness (QED) is 0.0768. The summed E-state index contributed by atoms with van der Waals surface area (Å²) in [4.78, 5) is 12.4. The summed E-state index contributed by atoms with van der Waals surface area (Å²) in [6, 6.07) is 30.8. The zero-order valence-corrected chi connectivity index (χ0v) is 25.0. The minimum Gasteiger partial charge on any atom is -0.357 e. The Morgan fingerprint density at radius 1 is 0.756 bits per heavy atom. The molecule has 0 amide bonds. The molecule has 1 heterocycles. The summed E-state index contributed by atoms with van der Waals surface area (Å²) in [6.45, 7) is 6.09. The lowest BCUT2D eigenvalue weighted by molar-refractivity contribution is -0.170. The minimum absolute atomic E-state index is 0.131. The Morgan fingerprint density at radius 2 is 1.24 bits per heavy atom. The summed E-state index contributed by atoms with van der Waals surface area (Å²) >= 11 is 0. The number of aldehydes is 1. The molecule has 0 saturated carbocycles. The summed E-state index contributed by atoms with van der Waals surface area (Å²) in [6.07, 6.45) is 13.9. The summed E-state index contributed by atoms with van der Waals surface area (Å²) in [5.74, 6) is -0.923. The third-order valence-electron chi connectivity index (χ3n) is 7.88.